The van der Waals surface area contributed by atoms with E-state index in [0.717, 1.165) is 17.3 Å². The van der Waals surface area contributed by atoms with E-state index in [1.807, 2.05) is 30.3 Å². The van der Waals surface area contributed by atoms with Gasteiger partial charge in [-0.3, -0.25) is 0 Å². The van der Waals surface area contributed by atoms with Crippen LogP contribution in [0.4, 0.5) is 0 Å². The lowest BCUT2D eigenvalue weighted by Crippen LogP contribution is -2.43. The van der Waals surface area contributed by atoms with Crippen LogP contribution in [0.3, 0.4) is 0 Å². The molecule has 0 aliphatic carbocycles. The third-order valence-corrected chi connectivity index (χ3v) is 10.8. The fourth-order valence-electron chi connectivity index (χ4n) is 2.77. The van der Waals surface area contributed by atoms with Gasteiger partial charge in [0.15, 0.2) is 0 Å². The zero-order valence-corrected chi connectivity index (χ0v) is 17.0. The van der Waals surface area contributed by atoms with Crippen molar-refractivity contribution in [3.63, 3.8) is 0 Å². The van der Waals surface area contributed by atoms with E-state index < -0.39 is 20.7 Å². The molecular formula is C19H31NO3Si. The van der Waals surface area contributed by atoms with E-state index in [1.165, 1.54) is 0 Å². The summed E-state index contributed by atoms with van der Waals surface area (Å²) in [5, 5.41) is 13.3. The van der Waals surface area contributed by atoms with Gasteiger partial charge in [0.05, 0.1) is 13.8 Å². The third-order valence-electron chi connectivity index (χ3n) is 4.95. The minimum atomic E-state index is -1.55. The van der Waals surface area contributed by atoms with Crippen molar-refractivity contribution in [1.82, 2.24) is 0 Å². The Bertz CT molecular complexity index is 586. The van der Waals surface area contributed by atoms with E-state index in [9.17, 15) is 4.79 Å². The van der Waals surface area contributed by atoms with E-state index in [4.69, 9.17) is 9.94 Å². The summed E-state index contributed by atoms with van der Waals surface area (Å²) in [7, 11) is -1.55. The maximum atomic E-state index is 10.7. The summed E-state index contributed by atoms with van der Waals surface area (Å²) in [5.74, 6) is -1.02. The number of benzene rings is 1. The Hall–Kier alpha value is -1.62. The summed E-state index contributed by atoms with van der Waals surface area (Å²) in [6.45, 7) is 15.6. The number of nitrogens with zero attached hydrogens (tertiary/aromatic N) is 1. The van der Waals surface area contributed by atoms with Crippen LogP contribution in [0.2, 0.25) is 24.2 Å². The fourth-order valence-corrected chi connectivity index (χ4v) is 5.68. The lowest BCUT2D eigenvalue weighted by atomic mass is 9.85. The molecule has 1 N–H and O–H groups in total. The second kappa shape index (κ2) is 7.51. The van der Waals surface area contributed by atoms with Gasteiger partial charge in [-0.1, -0.05) is 83.2 Å². The van der Waals surface area contributed by atoms with Crippen LogP contribution in [0.15, 0.2) is 35.5 Å². The molecule has 134 valence electrons. The molecule has 0 aliphatic rings. The van der Waals surface area contributed by atoms with Crippen molar-refractivity contribution in [3.05, 3.63) is 35.9 Å². The maximum Gasteiger partial charge on any atom is 0.344 e. The van der Waals surface area contributed by atoms with Gasteiger partial charge in [-0.15, -0.1) is 0 Å². The van der Waals surface area contributed by atoms with Gasteiger partial charge in [0.2, 0.25) is 6.61 Å². The molecule has 0 radical (unpaired) electrons. The predicted molar refractivity (Wildman–Crippen MR) is 102 cm³/mol. The summed E-state index contributed by atoms with van der Waals surface area (Å²) in [5.41, 5.74) is 1.59. The summed E-state index contributed by atoms with van der Waals surface area (Å²) in [6.07, 6.45) is 0. The van der Waals surface area contributed by atoms with E-state index >= 15 is 0 Å². The van der Waals surface area contributed by atoms with Gasteiger partial charge in [0.25, 0.3) is 0 Å². The Morgan fingerprint density at radius 3 is 2.12 bits per heavy atom. The van der Waals surface area contributed by atoms with E-state index in [2.05, 4.69) is 52.9 Å². The average molecular weight is 350 g/mol. The Labute approximate surface area is 146 Å². The molecule has 1 rings (SSSR count). The van der Waals surface area contributed by atoms with Gasteiger partial charge in [-0.25, -0.2) is 4.79 Å². The number of carbonyl (C=O) groups is 1. The molecule has 0 fully saturated rings. The summed E-state index contributed by atoms with van der Waals surface area (Å²) >= 11 is 0. The molecular weight excluding hydrogens is 318 g/mol. The molecule has 0 spiro atoms. The highest BCUT2D eigenvalue weighted by Crippen LogP contribution is 2.44. The first kappa shape index (κ1) is 20.4. The molecule has 24 heavy (non-hydrogen) atoms. The zero-order valence-electron chi connectivity index (χ0n) is 16.0. The van der Waals surface area contributed by atoms with Crippen molar-refractivity contribution >= 4 is 19.8 Å². The van der Waals surface area contributed by atoms with Crippen molar-refractivity contribution in [2.24, 2.45) is 10.6 Å². The highest BCUT2D eigenvalue weighted by molar-refractivity contribution is 6.80. The number of carboxylic acid groups (broad SMARTS) is 1. The van der Waals surface area contributed by atoms with E-state index in [-0.39, 0.29) is 10.5 Å². The lowest BCUT2D eigenvalue weighted by molar-refractivity contribution is -0.142. The van der Waals surface area contributed by atoms with Crippen LogP contribution in [0.25, 0.3) is 0 Å². The molecule has 0 heterocycles. The monoisotopic (exact) mass is 349 g/mol. The number of aliphatic carboxylic acids is 1. The molecule has 0 saturated carbocycles. The average Bonchev–Trinajstić information content (AvgIpc) is 2.41. The third kappa shape index (κ3) is 5.48. The van der Waals surface area contributed by atoms with Crippen LogP contribution in [-0.2, 0) is 9.63 Å². The topological polar surface area (TPSA) is 58.9 Å². The smallest absolute Gasteiger partial charge is 0.344 e. The highest BCUT2D eigenvalue weighted by atomic mass is 28.3. The van der Waals surface area contributed by atoms with E-state index in [0.29, 0.717) is 0 Å². The zero-order chi connectivity index (χ0) is 18.6. The number of rotatable bonds is 7. The standard InChI is InChI=1S/C19H31NO3Si/c1-18(2,3)24(6,7)14-19(4,5)17(20-23-13-16(21)22)15-11-9-8-10-12-15/h8-12H,13-14H2,1-7H3,(H,21,22)/b20-17+. The van der Waals surface area contributed by atoms with Crippen LogP contribution in [-0.4, -0.2) is 31.5 Å². The second-order valence-corrected chi connectivity index (χ2v) is 14.3. The van der Waals surface area contributed by atoms with Crippen LogP contribution in [0.5, 0.6) is 0 Å². The summed E-state index contributed by atoms with van der Waals surface area (Å²) in [6, 6.07) is 10.9. The normalized spacial score (nSPS) is 13.7. The predicted octanol–water partition coefficient (Wildman–Crippen LogP) is 5.03. The molecule has 0 aliphatic heterocycles. The van der Waals surface area contributed by atoms with Gasteiger partial charge >= 0.3 is 5.97 Å². The Morgan fingerprint density at radius 1 is 1.12 bits per heavy atom. The second-order valence-electron chi connectivity index (χ2n) is 8.67. The molecule has 1 aromatic rings. The Kier molecular flexibility index (Phi) is 6.39. The van der Waals surface area contributed by atoms with Crippen molar-refractivity contribution in [3.8, 4) is 0 Å². The Balaban J connectivity index is 3.19. The minimum Gasteiger partial charge on any atom is -0.479 e. The number of hydrogen-bond acceptors (Lipinski definition) is 3. The van der Waals surface area contributed by atoms with Crippen molar-refractivity contribution < 1.29 is 14.7 Å². The van der Waals surface area contributed by atoms with Gasteiger partial charge in [0.1, 0.15) is 0 Å². The lowest BCUT2D eigenvalue weighted by Gasteiger charge is -2.42. The fraction of sp³-hybridized carbons (Fsp3) is 0.579. The molecule has 0 atom stereocenters. The first-order valence-corrected chi connectivity index (χ1v) is 11.6. The molecule has 0 saturated heterocycles. The molecule has 0 amide bonds. The first-order chi connectivity index (χ1) is 10.9. The van der Waals surface area contributed by atoms with Crippen LogP contribution < -0.4 is 0 Å². The van der Waals surface area contributed by atoms with E-state index in [1.54, 1.807) is 0 Å². The van der Waals surface area contributed by atoms with Crippen LogP contribution in [0, 0.1) is 5.41 Å². The number of hydrogen-bond donors (Lipinski definition) is 1. The number of oxime groups is 1. The van der Waals surface area contributed by atoms with Crippen molar-refractivity contribution in [1.29, 1.82) is 0 Å². The molecule has 0 aromatic heterocycles. The Morgan fingerprint density at radius 2 is 1.67 bits per heavy atom. The summed E-state index contributed by atoms with van der Waals surface area (Å²) < 4.78 is 0. The first-order valence-electron chi connectivity index (χ1n) is 8.34. The van der Waals surface area contributed by atoms with Gasteiger partial charge in [-0.2, -0.15) is 0 Å². The van der Waals surface area contributed by atoms with Crippen molar-refractivity contribution in [2.75, 3.05) is 6.61 Å². The highest BCUT2D eigenvalue weighted by Gasteiger charge is 2.42. The molecule has 0 bridgehead atoms. The molecule has 4 nitrogen and oxygen atoms in total. The maximum absolute atomic E-state index is 10.7. The number of carboxylic acids is 1. The van der Waals surface area contributed by atoms with Gasteiger partial charge in [0, 0.05) is 5.41 Å². The summed E-state index contributed by atoms with van der Waals surface area (Å²) in [4.78, 5) is 15.8. The molecule has 1 aromatic carbocycles. The quantitative estimate of drug-likeness (QED) is 0.427. The van der Waals surface area contributed by atoms with Crippen LogP contribution in [0.1, 0.15) is 40.2 Å². The van der Waals surface area contributed by atoms with Gasteiger partial charge < -0.3 is 9.94 Å². The minimum absolute atomic E-state index is 0.205. The van der Waals surface area contributed by atoms with Gasteiger partial charge in [-0.05, 0) is 16.6 Å². The molecule has 5 heteroatoms. The van der Waals surface area contributed by atoms with Crippen molar-refractivity contribution in [2.45, 2.75) is 58.8 Å². The molecule has 0 unspecified atom stereocenters. The largest absolute Gasteiger partial charge is 0.479 e. The van der Waals surface area contributed by atoms with Crippen LogP contribution >= 0.6 is 0 Å². The SMILES string of the molecule is CC(C)(C[Si](C)(C)C(C)(C)C)/C(=N/OCC(=O)O)c1ccccc1.